The van der Waals surface area contributed by atoms with Gasteiger partial charge in [0.25, 0.3) is 5.91 Å². The molecule has 0 saturated heterocycles. The number of nitrogens with one attached hydrogen (secondary N) is 2. The fraction of sp³-hybridized carbons (Fsp3) is 0.167. The largest absolute Gasteiger partial charge is 0.375 e. The molecule has 9 heteroatoms. The highest BCUT2D eigenvalue weighted by Crippen LogP contribution is 2.21. The molecule has 2 rings (SSSR count). The van der Waals surface area contributed by atoms with Gasteiger partial charge in [0.05, 0.1) is 11.9 Å². The van der Waals surface area contributed by atoms with Crippen LogP contribution < -0.4 is 15.8 Å². The molecule has 1 heterocycles. The zero-order chi connectivity index (χ0) is 15.6. The molecule has 0 unspecified atom stereocenters. The summed E-state index contributed by atoms with van der Waals surface area (Å²) >= 11 is 1.18. The van der Waals surface area contributed by atoms with Gasteiger partial charge in [-0.2, -0.15) is 0 Å². The molecule has 1 aromatic carbocycles. The maximum absolute atomic E-state index is 11.9. The van der Waals surface area contributed by atoms with Crippen molar-refractivity contribution < 1.29 is 13.2 Å². The fourth-order valence-corrected chi connectivity index (χ4v) is 2.81. The van der Waals surface area contributed by atoms with Gasteiger partial charge in [0.1, 0.15) is 5.69 Å². The number of nitrogens with two attached hydrogens (primary N) is 1. The standard InChI is InChI=1S/C12H14N4O3S2/c1-7-5-8(3-4-9(7)16-21(2,18)19)14-11(17)10-6-20-12(13)15-10/h3-6,16H,1-2H3,(H2,13,15)(H,14,17). The maximum atomic E-state index is 11.9. The lowest BCUT2D eigenvalue weighted by molar-refractivity contribution is 0.102. The summed E-state index contributed by atoms with van der Waals surface area (Å²) in [6, 6.07) is 4.86. The van der Waals surface area contributed by atoms with Gasteiger partial charge in [-0.25, -0.2) is 13.4 Å². The molecule has 21 heavy (non-hydrogen) atoms. The highest BCUT2D eigenvalue weighted by molar-refractivity contribution is 7.92. The highest BCUT2D eigenvalue weighted by Gasteiger charge is 2.11. The van der Waals surface area contributed by atoms with Crippen LogP contribution in [0.15, 0.2) is 23.6 Å². The Morgan fingerprint density at radius 1 is 1.38 bits per heavy atom. The van der Waals surface area contributed by atoms with Gasteiger partial charge >= 0.3 is 0 Å². The number of benzene rings is 1. The lowest BCUT2D eigenvalue weighted by atomic mass is 10.2. The van der Waals surface area contributed by atoms with E-state index in [2.05, 4.69) is 15.0 Å². The summed E-state index contributed by atoms with van der Waals surface area (Å²) in [5.74, 6) is -0.369. The van der Waals surface area contributed by atoms with Gasteiger partial charge in [0, 0.05) is 11.1 Å². The van der Waals surface area contributed by atoms with Crippen molar-refractivity contribution in [3.05, 3.63) is 34.8 Å². The number of sulfonamides is 1. The van der Waals surface area contributed by atoms with E-state index >= 15 is 0 Å². The first-order chi connectivity index (χ1) is 9.74. The number of aromatic nitrogens is 1. The number of nitrogens with zero attached hydrogens (tertiary/aromatic N) is 1. The monoisotopic (exact) mass is 326 g/mol. The van der Waals surface area contributed by atoms with Gasteiger partial charge in [-0.1, -0.05) is 0 Å². The molecule has 0 fully saturated rings. The Labute approximate surface area is 126 Å². The minimum absolute atomic E-state index is 0.244. The number of carbonyl (C=O) groups excluding carboxylic acids is 1. The number of thiazole rings is 1. The van der Waals surface area contributed by atoms with Crippen LogP contribution in [0.2, 0.25) is 0 Å². The summed E-state index contributed by atoms with van der Waals surface area (Å²) in [6.45, 7) is 1.74. The molecule has 0 radical (unpaired) electrons. The molecule has 112 valence electrons. The van der Waals surface area contributed by atoms with Crippen LogP contribution in [0.3, 0.4) is 0 Å². The molecule has 0 aliphatic heterocycles. The van der Waals surface area contributed by atoms with E-state index < -0.39 is 10.0 Å². The number of amides is 1. The van der Waals surface area contributed by atoms with Crippen LogP contribution >= 0.6 is 11.3 Å². The lowest BCUT2D eigenvalue weighted by Gasteiger charge is -2.10. The predicted octanol–water partition coefficient (Wildman–Crippen LogP) is 1.66. The van der Waals surface area contributed by atoms with Crippen molar-refractivity contribution in [3.8, 4) is 0 Å². The number of rotatable bonds is 4. The van der Waals surface area contributed by atoms with Gasteiger partial charge < -0.3 is 11.1 Å². The predicted molar refractivity (Wildman–Crippen MR) is 84.1 cm³/mol. The maximum Gasteiger partial charge on any atom is 0.275 e. The second-order valence-electron chi connectivity index (χ2n) is 4.43. The van der Waals surface area contributed by atoms with Crippen LogP contribution in [0.4, 0.5) is 16.5 Å². The quantitative estimate of drug-likeness (QED) is 0.790. The number of hydrogen-bond acceptors (Lipinski definition) is 6. The van der Waals surface area contributed by atoms with E-state index in [0.29, 0.717) is 22.1 Å². The molecular weight excluding hydrogens is 312 g/mol. The van der Waals surface area contributed by atoms with Gasteiger partial charge in [0.15, 0.2) is 5.13 Å². The van der Waals surface area contributed by atoms with E-state index in [-0.39, 0.29) is 11.6 Å². The molecule has 0 saturated carbocycles. The highest BCUT2D eigenvalue weighted by atomic mass is 32.2. The van der Waals surface area contributed by atoms with E-state index in [0.717, 1.165) is 6.26 Å². The Hall–Kier alpha value is -2.13. The summed E-state index contributed by atoms with van der Waals surface area (Å²) in [6.07, 6.45) is 1.08. The van der Waals surface area contributed by atoms with Gasteiger partial charge in [-0.05, 0) is 30.7 Å². The van der Waals surface area contributed by atoms with Crippen molar-refractivity contribution in [2.75, 3.05) is 22.0 Å². The summed E-state index contributed by atoms with van der Waals surface area (Å²) in [7, 11) is -3.34. The average Bonchev–Trinajstić information content (AvgIpc) is 2.78. The lowest BCUT2D eigenvalue weighted by Crippen LogP contribution is -2.13. The van der Waals surface area contributed by atoms with Crippen LogP contribution in [-0.2, 0) is 10.0 Å². The number of anilines is 3. The normalized spacial score (nSPS) is 11.1. The van der Waals surface area contributed by atoms with Crippen molar-refractivity contribution >= 4 is 43.8 Å². The van der Waals surface area contributed by atoms with E-state index in [1.54, 1.807) is 30.5 Å². The molecule has 7 nitrogen and oxygen atoms in total. The van der Waals surface area contributed by atoms with Gasteiger partial charge in [-0.15, -0.1) is 11.3 Å². The molecular formula is C12H14N4O3S2. The Bertz CT molecular complexity index is 784. The van der Waals surface area contributed by atoms with E-state index in [9.17, 15) is 13.2 Å². The zero-order valence-corrected chi connectivity index (χ0v) is 13.0. The molecule has 0 aliphatic rings. The first kappa shape index (κ1) is 15.3. The summed E-state index contributed by atoms with van der Waals surface area (Å²) in [5.41, 5.74) is 7.42. The molecule has 0 aliphatic carbocycles. The molecule has 1 amide bonds. The van der Waals surface area contributed by atoms with Crippen LogP contribution in [0, 0.1) is 6.92 Å². The summed E-state index contributed by atoms with van der Waals surface area (Å²) in [5, 5.41) is 4.56. The second kappa shape index (κ2) is 5.70. The Balaban J connectivity index is 2.15. The first-order valence-electron chi connectivity index (χ1n) is 5.85. The Morgan fingerprint density at radius 3 is 2.62 bits per heavy atom. The SMILES string of the molecule is Cc1cc(NC(=O)c2csc(N)n2)ccc1NS(C)(=O)=O. The average molecular weight is 326 g/mol. The third-order valence-corrected chi connectivity index (χ3v) is 3.80. The van der Waals surface area contributed by atoms with Crippen LogP contribution in [0.25, 0.3) is 0 Å². The number of hydrogen-bond donors (Lipinski definition) is 3. The van der Waals surface area contributed by atoms with Crippen LogP contribution in [-0.4, -0.2) is 25.6 Å². The van der Waals surface area contributed by atoms with Crippen molar-refractivity contribution in [1.29, 1.82) is 0 Å². The minimum atomic E-state index is -3.34. The number of nitrogen functional groups attached to an aromatic ring is 1. The summed E-state index contributed by atoms with van der Waals surface area (Å²) < 4.78 is 24.8. The first-order valence-corrected chi connectivity index (χ1v) is 8.62. The van der Waals surface area contributed by atoms with Crippen molar-refractivity contribution in [2.24, 2.45) is 0 Å². The molecule has 1 aromatic heterocycles. The van der Waals surface area contributed by atoms with E-state index in [1.807, 2.05) is 0 Å². The third-order valence-electron chi connectivity index (χ3n) is 2.53. The zero-order valence-electron chi connectivity index (χ0n) is 11.4. The second-order valence-corrected chi connectivity index (χ2v) is 7.07. The number of carbonyl (C=O) groups is 1. The topological polar surface area (TPSA) is 114 Å². The molecule has 0 bridgehead atoms. The number of aryl methyl sites for hydroxylation is 1. The van der Waals surface area contributed by atoms with E-state index in [1.165, 1.54) is 11.3 Å². The minimum Gasteiger partial charge on any atom is -0.375 e. The molecule has 2 aromatic rings. The van der Waals surface area contributed by atoms with Crippen LogP contribution in [0.5, 0.6) is 0 Å². The smallest absolute Gasteiger partial charge is 0.275 e. The molecule has 0 atom stereocenters. The van der Waals surface area contributed by atoms with Gasteiger partial charge in [-0.3, -0.25) is 9.52 Å². The fourth-order valence-electron chi connectivity index (χ4n) is 1.64. The van der Waals surface area contributed by atoms with E-state index in [4.69, 9.17) is 5.73 Å². The van der Waals surface area contributed by atoms with Crippen molar-refractivity contribution in [2.45, 2.75) is 6.92 Å². The third kappa shape index (κ3) is 4.17. The molecule has 0 spiro atoms. The van der Waals surface area contributed by atoms with Crippen molar-refractivity contribution in [1.82, 2.24) is 4.98 Å². The summed E-state index contributed by atoms with van der Waals surface area (Å²) in [4.78, 5) is 15.8. The Morgan fingerprint density at radius 2 is 2.10 bits per heavy atom. The van der Waals surface area contributed by atoms with Gasteiger partial charge in [0.2, 0.25) is 10.0 Å². The Kier molecular flexibility index (Phi) is 4.14. The van der Waals surface area contributed by atoms with Crippen molar-refractivity contribution in [3.63, 3.8) is 0 Å². The van der Waals surface area contributed by atoms with Crippen LogP contribution in [0.1, 0.15) is 16.1 Å². The molecule has 4 N–H and O–H groups in total.